The molecule has 0 spiro atoms. The van der Waals surface area contributed by atoms with E-state index in [1.165, 1.54) is 122 Å². The van der Waals surface area contributed by atoms with Gasteiger partial charge in [-0.15, -0.1) is 0 Å². The second kappa shape index (κ2) is 27.6. The third kappa shape index (κ3) is 31.6. The lowest BCUT2D eigenvalue weighted by Crippen LogP contribution is -2.23. The van der Waals surface area contributed by atoms with Gasteiger partial charge >= 0.3 is 7.60 Å². The van der Waals surface area contributed by atoms with E-state index in [1.807, 2.05) is 0 Å². The highest BCUT2D eigenvalue weighted by Gasteiger charge is 2.08. The van der Waals surface area contributed by atoms with Crippen molar-refractivity contribution in [1.82, 2.24) is 5.32 Å². The van der Waals surface area contributed by atoms with Crippen LogP contribution in [0.15, 0.2) is 0 Å². The molecule has 0 aromatic carbocycles. The van der Waals surface area contributed by atoms with Crippen LogP contribution in [0.1, 0.15) is 167 Å². The van der Waals surface area contributed by atoms with Crippen LogP contribution in [0.4, 0.5) is 0 Å². The molecule has 0 heterocycles. The summed E-state index contributed by atoms with van der Waals surface area (Å²) in [6.45, 7) is 4.56. The van der Waals surface area contributed by atoms with Gasteiger partial charge in [-0.3, -0.25) is 9.36 Å². The summed E-state index contributed by atoms with van der Waals surface area (Å²) < 4.78 is 15.8. The number of amides is 1. The Hall–Kier alpha value is -0.380. The molecular formula is C30H62NO4P. The monoisotopic (exact) mass is 531 g/mol. The predicted molar refractivity (Wildman–Crippen MR) is 156 cm³/mol. The fourth-order valence-corrected chi connectivity index (χ4v) is 5.14. The van der Waals surface area contributed by atoms with E-state index in [0.29, 0.717) is 13.0 Å². The van der Waals surface area contributed by atoms with Gasteiger partial charge in [-0.05, 0) is 19.3 Å². The van der Waals surface area contributed by atoms with Crippen molar-refractivity contribution in [1.29, 1.82) is 0 Å². The molecule has 0 aromatic heterocycles. The van der Waals surface area contributed by atoms with Gasteiger partial charge in [0.15, 0.2) is 0 Å². The van der Waals surface area contributed by atoms with E-state index in [9.17, 15) is 9.36 Å². The van der Waals surface area contributed by atoms with Crippen molar-refractivity contribution in [3.05, 3.63) is 0 Å². The summed E-state index contributed by atoms with van der Waals surface area (Å²) in [4.78, 5) is 20.9. The van der Waals surface area contributed by atoms with Gasteiger partial charge in [-0.1, -0.05) is 142 Å². The Morgan fingerprint density at radius 1 is 0.611 bits per heavy atom. The van der Waals surface area contributed by atoms with Crippen LogP contribution in [-0.2, 0) is 13.9 Å². The van der Waals surface area contributed by atoms with E-state index in [1.54, 1.807) is 0 Å². The molecule has 216 valence electrons. The van der Waals surface area contributed by atoms with E-state index in [4.69, 9.17) is 9.42 Å². The molecule has 0 aromatic rings. The van der Waals surface area contributed by atoms with Crippen molar-refractivity contribution < 1.29 is 18.8 Å². The minimum absolute atomic E-state index is 0.174. The Balaban J connectivity index is 3.16. The molecule has 1 atom stereocenters. The van der Waals surface area contributed by atoms with Crippen LogP contribution in [0.3, 0.4) is 0 Å². The number of hydrogen-bond donors (Lipinski definition) is 2. The van der Waals surface area contributed by atoms with Gasteiger partial charge in [0.2, 0.25) is 5.91 Å². The topological polar surface area (TPSA) is 75.6 Å². The summed E-state index contributed by atoms with van der Waals surface area (Å²) >= 11 is 0. The third-order valence-corrected chi connectivity index (χ3v) is 7.64. The van der Waals surface area contributed by atoms with Crippen molar-refractivity contribution in [2.45, 2.75) is 167 Å². The Bertz CT molecular complexity index is 509. The third-order valence-electron chi connectivity index (χ3n) is 6.98. The van der Waals surface area contributed by atoms with Gasteiger partial charge in [0.25, 0.3) is 0 Å². The molecular weight excluding hydrogens is 469 g/mol. The Labute approximate surface area is 224 Å². The highest BCUT2D eigenvalue weighted by atomic mass is 31.2. The largest absolute Gasteiger partial charge is 0.356 e. The lowest BCUT2D eigenvalue weighted by atomic mass is 10.0. The van der Waals surface area contributed by atoms with Crippen LogP contribution in [-0.4, -0.2) is 30.6 Å². The number of nitrogens with one attached hydrogen (secondary N) is 1. The van der Waals surface area contributed by atoms with Crippen LogP contribution in [0.5, 0.6) is 0 Å². The molecule has 5 nitrogen and oxygen atoms in total. The summed E-state index contributed by atoms with van der Waals surface area (Å²) in [5.41, 5.74) is 0. The van der Waals surface area contributed by atoms with Crippen molar-refractivity contribution in [2.75, 3.05) is 19.8 Å². The second-order valence-corrected chi connectivity index (χ2v) is 12.7. The fraction of sp³-hybridized carbons (Fsp3) is 0.967. The van der Waals surface area contributed by atoms with Gasteiger partial charge in [-0.25, -0.2) is 0 Å². The van der Waals surface area contributed by atoms with Crippen LogP contribution < -0.4 is 5.32 Å². The zero-order valence-corrected chi connectivity index (χ0v) is 25.1. The summed E-state index contributed by atoms with van der Waals surface area (Å²) in [5.74, 6) is 0.174. The van der Waals surface area contributed by atoms with Crippen LogP contribution in [0.25, 0.3) is 0 Å². The van der Waals surface area contributed by atoms with Gasteiger partial charge in [0.05, 0.1) is 6.61 Å². The minimum Gasteiger partial charge on any atom is -0.356 e. The van der Waals surface area contributed by atoms with Crippen LogP contribution in [0, 0.1) is 0 Å². The number of carbonyl (C=O) groups excluding carboxylic acids is 1. The Morgan fingerprint density at radius 3 is 1.39 bits per heavy atom. The molecule has 0 rings (SSSR count). The molecule has 1 amide bonds. The first-order valence-corrected chi connectivity index (χ1v) is 17.7. The summed E-state index contributed by atoms with van der Waals surface area (Å²) in [6, 6.07) is 0. The van der Waals surface area contributed by atoms with Gasteiger partial charge in [0, 0.05) is 19.6 Å². The van der Waals surface area contributed by atoms with E-state index in [2.05, 4.69) is 12.2 Å². The average molecular weight is 532 g/mol. The normalized spacial score (nSPS) is 13.1. The first kappa shape index (κ1) is 35.6. The second-order valence-electron chi connectivity index (χ2n) is 10.9. The molecule has 0 radical (unpaired) electrons. The summed E-state index contributed by atoms with van der Waals surface area (Å²) in [5, 5.41) is 3.00. The summed E-state index contributed by atoms with van der Waals surface area (Å²) in [7, 11) is -3.33. The standard InChI is InChI=1S/C30H62NO4P/c1-3-4-5-6-7-8-9-10-11-12-13-14-15-16-17-18-19-20-21-24-27-30(32)31-28-25-22-23-26-29-35-36(2,33)34/h3-29H2,1-2H3,(H,31,32)(H,33,34). The van der Waals surface area contributed by atoms with E-state index >= 15 is 0 Å². The number of rotatable bonds is 29. The molecule has 6 heteroatoms. The molecule has 0 saturated heterocycles. The molecule has 0 aliphatic carbocycles. The van der Waals surface area contributed by atoms with Crippen LogP contribution in [0.2, 0.25) is 0 Å². The lowest BCUT2D eigenvalue weighted by Gasteiger charge is -2.07. The predicted octanol–water partition coefficient (Wildman–Crippen LogP) is 9.71. The Morgan fingerprint density at radius 2 is 0.972 bits per heavy atom. The van der Waals surface area contributed by atoms with Gasteiger partial charge in [-0.2, -0.15) is 0 Å². The molecule has 1 unspecified atom stereocenters. The first-order valence-electron chi connectivity index (χ1n) is 15.7. The van der Waals surface area contributed by atoms with E-state index in [0.717, 1.165) is 45.1 Å². The SMILES string of the molecule is CCCCCCCCCCCCCCCCCCCCCCC(=O)NCCCCCCOP(C)(=O)O. The molecule has 0 saturated carbocycles. The van der Waals surface area contributed by atoms with Crippen molar-refractivity contribution in [3.8, 4) is 0 Å². The van der Waals surface area contributed by atoms with Crippen LogP contribution >= 0.6 is 7.60 Å². The maximum atomic E-state index is 11.9. The quantitative estimate of drug-likeness (QED) is 0.0744. The molecule has 0 bridgehead atoms. The van der Waals surface area contributed by atoms with Crippen molar-refractivity contribution in [2.24, 2.45) is 0 Å². The molecule has 0 aliphatic rings. The van der Waals surface area contributed by atoms with Gasteiger partial charge < -0.3 is 14.7 Å². The number of unbranched alkanes of at least 4 members (excludes halogenated alkanes) is 22. The molecule has 36 heavy (non-hydrogen) atoms. The van der Waals surface area contributed by atoms with Crippen molar-refractivity contribution in [3.63, 3.8) is 0 Å². The minimum atomic E-state index is -3.33. The maximum absolute atomic E-state index is 11.9. The van der Waals surface area contributed by atoms with E-state index in [-0.39, 0.29) is 5.91 Å². The van der Waals surface area contributed by atoms with E-state index < -0.39 is 7.60 Å². The highest BCUT2D eigenvalue weighted by molar-refractivity contribution is 7.51. The summed E-state index contributed by atoms with van der Waals surface area (Å²) in [6.07, 6.45) is 31.8. The fourth-order valence-electron chi connectivity index (χ4n) is 4.67. The Kier molecular flexibility index (Phi) is 27.4. The number of carbonyl (C=O) groups is 1. The maximum Gasteiger partial charge on any atom is 0.325 e. The smallest absolute Gasteiger partial charge is 0.325 e. The molecule has 0 fully saturated rings. The zero-order valence-electron chi connectivity index (χ0n) is 24.2. The number of hydrogen-bond acceptors (Lipinski definition) is 3. The lowest BCUT2D eigenvalue weighted by molar-refractivity contribution is -0.121. The first-order chi connectivity index (χ1) is 17.5. The van der Waals surface area contributed by atoms with Crippen molar-refractivity contribution >= 4 is 13.5 Å². The zero-order chi connectivity index (χ0) is 26.6. The highest BCUT2D eigenvalue weighted by Crippen LogP contribution is 2.36. The van der Waals surface area contributed by atoms with Gasteiger partial charge in [0.1, 0.15) is 0 Å². The average Bonchev–Trinajstić information content (AvgIpc) is 2.83. The molecule has 0 aliphatic heterocycles. The molecule has 2 N–H and O–H groups in total.